The molecule has 0 saturated carbocycles. The number of hydrogen-bond donors (Lipinski definition) is 1. The fourth-order valence-corrected chi connectivity index (χ4v) is 1.32. The monoisotopic (exact) mass is 274 g/mol. The van der Waals surface area contributed by atoms with Gasteiger partial charge >= 0.3 is 0 Å². The zero-order chi connectivity index (χ0) is 8.97. The molecule has 0 bridgehead atoms. The average molecular weight is 274 g/mol. The Labute approximate surface area is 86.0 Å². The predicted molar refractivity (Wildman–Crippen MR) is 60.7 cm³/mol. The number of aliphatic imine (C=N–C) groups is 1. The van der Waals surface area contributed by atoms with Crippen molar-refractivity contribution >= 4 is 34.1 Å². The van der Waals surface area contributed by atoms with Gasteiger partial charge in [-0.3, -0.25) is 0 Å². The highest BCUT2D eigenvalue weighted by Gasteiger charge is 1.91. The molecule has 0 spiro atoms. The van der Waals surface area contributed by atoms with E-state index in [-0.39, 0.29) is 0 Å². The summed E-state index contributed by atoms with van der Waals surface area (Å²) in [7, 11) is 0. The van der Waals surface area contributed by atoms with E-state index in [0.29, 0.717) is 5.84 Å². The third kappa shape index (κ3) is 2.81. The maximum absolute atomic E-state index is 5.60. The SMILES string of the molecule is CCC(N)=Nc1cccc(I)c1. The van der Waals surface area contributed by atoms with Crippen LogP contribution in [0.2, 0.25) is 0 Å². The van der Waals surface area contributed by atoms with Crippen molar-refractivity contribution in [3.8, 4) is 0 Å². The highest BCUT2D eigenvalue weighted by molar-refractivity contribution is 14.1. The second-order valence-corrected chi connectivity index (χ2v) is 3.68. The maximum Gasteiger partial charge on any atom is 0.0993 e. The Hall–Kier alpha value is -0.580. The van der Waals surface area contributed by atoms with Gasteiger partial charge in [0.1, 0.15) is 0 Å². The Bertz CT molecular complexity index is 294. The highest BCUT2D eigenvalue weighted by Crippen LogP contribution is 2.15. The normalized spacial score (nSPS) is 11.7. The van der Waals surface area contributed by atoms with Crippen LogP contribution in [-0.2, 0) is 0 Å². The molecule has 1 aromatic rings. The summed E-state index contributed by atoms with van der Waals surface area (Å²) in [4.78, 5) is 4.23. The molecule has 0 unspecified atom stereocenters. The minimum atomic E-state index is 0.678. The summed E-state index contributed by atoms with van der Waals surface area (Å²) in [5.74, 6) is 0.678. The molecule has 0 aliphatic heterocycles. The second-order valence-electron chi connectivity index (χ2n) is 2.44. The zero-order valence-electron chi connectivity index (χ0n) is 6.92. The summed E-state index contributed by atoms with van der Waals surface area (Å²) >= 11 is 2.25. The van der Waals surface area contributed by atoms with Gasteiger partial charge in [-0.1, -0.05) is 13.0 Å². The van der Waals surface area contributed by atoms with E-state index in [1.54, 1.807) is 0 Å². The zero-order valence-corrected chi connectivity index (χ0v) is 9.08. The highest BCUT2D eigenvalue weighted by atomic mass is 127. The molecule has 0 aromatic heterocycles. The van der Waals surface area contributed by atoms with Gasteiger partial charge in [0, 0.05) is 9.99 Å². The van der Waals surface area contributed by atoms with Gasteiger partial charge < -0.3 is 5.73 Å². The van der Waals surface area contributed by atoms with Crippen LogP contribution in [0.25, 0.3) is 0 Å². The minimum absolute atomic E-state index is 0.678. The van der Waals surface area contributed by atoms with Gasteiger partial charge in [-0.2, -0.15) is 0 Å². The lowest BCUT2D eigenvalue weighted by atomic mass is 10.3. The van der Waals surface area contributed by atoms with Gasteiger partial charge in [-0.25, -0.2) is 4.99 Å². The molecule has 12 heavy (non-hydrogen) atoms. The van der Waals surface area contributed by atoms with Crippen LogP contribution in [0.4, 0.5) is 5.69 Å². The molecule has 3 heteroatoms. The summed E-state index contributed by atoms with van der Waals surface area (Å²) in [6.07, 6.45) is 0.797. The lowest BCUT2D eigenvalue weighted by Gasteiger charge is -1.96. The first-order valence-electron chi connectivity index (χ1n) is 3.81. The molecule has 0 amide bonds. The third-order valence-electron chi connectivity index (χ3n) is 1.44. The summed E-state index contributed by atoms with van der Waals surface area (Å²) in [6, 6.07) is 7.96. The molecule has 0 radical (unpaired) electrons. The molecule has 0 saturated heterocycles. The molecule has 64 valence electrons. The van der Waals surface area contributed by atoms with Gasteiger partial charge in [0.2, 0.25) is 0 Å². The molecule has 0 heterocycles. The quantitative estimate of drug-likeness (QED) is 0.502. The van der Waals surface area contributed by atoms with Crippen molar-refractivity contribution < 1.29 is 0 Å². The molecule has 2 N–H and O–H groups in total. The molecule has 1 rings (SSSR count). The molecule has 2 nitrogen and oxygen atoms in total. The van der Waals surface area contributed by atoms with Crippen molar-refractivity contribution in [1.82, 2.24) is 0 Å². The van der Waals surface area contributed by atoms with E-state index in [4.69, 9.17) is 5.73 Å². The predicted octanol–water partition coefficient (Wildman–Crippen LogP) is 2.69. The second kappa shape index (κ2) is 4.45. The van der Waals surface area contributed by atoms with Crippen molar-refractivity contribution in [3.63, 3.8) is 0 Å². The van der Waals surface area contributed by atoms with E-state index in [9.17, 15) is 0 Å². The number of benzene rings is 1. The smallest absolute Gasteiger partial charge is 0.0993 e. The first-order valence-corrected chi connectivity index (χ1v) is 4.89. The van der Waals surface area contributed by atoms with Crippen molar-refractivity contribution in [2.24, 2.45) is 10.7 Å². The van der Waals surface area contributed by atoms with E-state index < -0.39 is 0 Å². The summed E-state index contributed by atoms with van der Waals surface area (Å²) in [5, 5.41) is 0. The Balaban J connectivity index is 2.89. The molecule has 0 fully saturated rings. The van der Waals surface area contributed by atoms with Crippen LogP contribution in [0.15, 0.2) is 29.3 Å². The van der Waals surface area contributed by atoms with Gasteiger partial charge in [-0.05, 0) is 40.8 Å². The Morgan fingerprint density at radius 1 is 1.58 bits per heavy atom. The maximum atomic E-state index is 5.60. The van der Waals surface area contributed by atoms with Crippen LogP contribution in [0, 0.1) is 3.57 Å². The van der Waals surface area contributed by atoms with Crippen molar-refractivity contribution in [1.29, 1.82) is 0 Å². The summed E-state index contributed by atoms with van der Waals surface area (Å²) in [6.45, 7) is 1.99. The van der Waals surface area contributed by atoms with Gasteiger partial charge in [0.25, 0.3) is 0 Å². The number of amidine groups is 1. The molecule has 1 aromatic carbocycles. The van der Waals surface area contributed by atoms with E-state index in [1.165, 1.54) is 3.57 Å². The van der Waals surface area contributed by atoms with Crippen LogP contribution in [0.1, 0.15) is 13.3 Å². The summed E-state index contributed by atoms with van der Waals surface area (Å²) < 4.78 is 1.18. The third-order valence-corrected chi connectivity index (χ3v) is 2.11. The van der Waals surface area contributed by atoms with Crippen molar-refractivity contribution in [2.75, 3.05) is 0 Å². The first-order chi connectivity index (χ1) is 5.72. The molecule has 0 aliphatic rings. The number of nitrogens with zero attached hydrogens (tertiary/aromatic N) is 1. The minimum Gasteiger partial charge on any atom is -0.387 e. The van der Waals surface area contributed by atoms with E-state index in [0.717, 1.165) is 12.1 Å². The van der Waals surface area contributed by atoms with E-state index in [1.807, 2.05) is 31.2 Å². The van der Waals surface area contributed by atoms with Crippen LogP contribution in [-0.4, -0.2) is 5.84 Å². The molecule has 0 atom stereocenters. The lowest BCUT2D eigenvalue weighted by Crippen LogP contribution is -2.08. The Morgan fingerprint density at radius 2 is 2.33 bits per heavy atom. The number of halogens is 1. The van der Waals surface area contributed by atoms with E-state index >= 15 is 0 Å². The van der Waals surface area contributed by atoms with Gasteiger partial charge in [-0.15, -0.1) is 0 Å². The number of nitrogens with two attached hydrogens (primary N) is 1. The fourth-order valence-electron chi connectivity index (χ4n) is 0.791. The van der Waals surface area contributed by atoms with Crippen LogP contribution < -0.4 is 5.73 Å². The van der Waals surface area contributed by atoms with Crippen LogP contribution in [0.5, 0.6) is 0 Å². The average Bonchev–Trinajstić information content (AvgIpc) is 2.04. The lowest BCUT2D eigenvalue weighted by molar-refractivity contribution is 1.23. The van der Waals surface area contributed by atoms with Crippen molar-refractivity contribution in [3.05, 3.63) is 27.8 Å². The fraction of sp³-hybridized carbons (Fsp3) is 0.222. The topological polar surface area (TPSA) is 38.4 Å². The molecular formula is C9H11IN2. The Morgan fingerprint density at radius 3 is 2.92 bits per heavy atom. The van der Waals surface area contributed by atoms with Gasteiger partial charge in [0.05, 0.1) is 11.5 Å². The summed E-state index contributed by atoms with van der Waals surface area (Å²) in [5.41, 5.74) is 6.53. The number of rotatable bonds is 2. The first kappa shape index (κ1) is 9.51. The van der Waals surface area contributed by atoms with Gasteiger partial charge in [0.15, 0.2) is 0 Å². The standard InChI is InChI=1S/C9H11IN2/c1-2-9(11)12-8-5-3-4-7(10)6-8/h3-6H,2H2,1H3,(H2,11,12). The Kier molecular flexibility index (Phi) is 3.52. The van der Waals surface area contributed by atoms with Crippen LogP contribution >= 0.6 is 22.6 Å². The largest absolute Gasteiger partial charge is 0.387 e. The van der Waals surface area contributed by atoms with E-state index in [2.05, 4.69) is 27.6 Å². The van der Waals surface area contributed by atoms with Crippen LogP contribution in [0.3, 0.4) is 0 Å². The number of hydrogen-bond acceptors (Lipinski definition) is 1. The molecular weight excluding hydrogens is 263 g/mol. The molecule has 0 aliphatic carbocycles. The van der Waals surface area contributed by atoms with Crippen molar-refractivity contribution in [2.45, 2.75) is 13.3 Å².